The highest BCUT2D eigenvalue weighted by molar-refractivity contribution is 9.10. The molecule has 3 rings (SSSR count). The quantitative estimate of drug-likeness (QED) is 0.521. The van der Waals surface area contributed by atoms with Crippen LogP contribution < -0.4 is 0 Å². The van der Waals surface area contributed by atoms with Gasteiger partial charge in [0.15, 0.2) is 5.82 Å². The van der Waals surface area contributed by atoms with Gasteiger partial charge < -0.3 is 0 Å². The molecule has 2 aromatic carbocycles. The van der Waals surface area contributed by atoms with E-state index >= 15 is 0 Å². The molecule has 0 unspecified atom stereocenters. The van der Waals surface area contributed by atoms with Crippen molar-refractivity contribution in [3.8, 4) is 5.69 Å². The van der Waals surface area contributed by atoms with Crippen LogP contribution in [0.3, 0.4) is 0 Å². The van der Waals surface area contributed by atoms with Crippen molar-refractivity contribution in [2.24, 2.45) is 0 Å². The van der Waals surface area contributed by atoms with Crippen LogP contribution in [0.25, 0.3) is 16.7 Å². The van der Waals surface area contributed by atoms with Crippen LogP contribution in [0.1, 0.15) is 11.4 Å². The normalized spacial score (nSPS) is 11.3. The molecule has 0 fully saturated rings. The molecule has 1 heterocycles. The first-order valence-corrected chi connectivity index (χ1v) is 7.91. The van der Waals surface area contributed by atoms with Crippen LogP contribution in [0.2, 0.25) is 5.02 Å². The van der Waals surface area contributed by atoms with Crippen molar-refractivity contribution in [3.05, 3.63) is 57.0 Å². The molecule has 108 valence electrons. The Balaban J connectivity index is 2.39. The first-order chi connectivity index (χ1) is 10.0. The molecule has 6 heteroatoms. The van der Waals surface area contributed by atoms with Crippen molar-refractivity contribution in [1.29, 1.82) is 0 Å². The second-order valence-electron chi connectivity index (χ2n) is 4.66. The fraction of sp³-hybridized carbons (Fsp3) is 0.133. The minimum Gasteiger partial charge on any atom is -0.294 e. The maximum absolute atomic E-state index is 13.9. The number of hydrogen-bond donors (Lipinski definition) is 0. The summed E-state index contributed by atoms with van der Waals surface area (Å²) >= 11 is 15.7. The molecule has 0 N–H and O–H groups in total. The summed E-state index contributed by atoms with van der Waals surface area (Å²) in [5, 5.41) is 0.631. The fourth-order valence-electron chi connectivity index (χ4n) is 2.28. The van der Waals surface area contributed by atoms with E-state index in [2.05, 4.69) is 20.9 Å². The Hall–Kier alpha value is -1.10. The molecule has 0 aliphatic rings. The van der Waals surface area contributed by atoms with E-state index in [1.807, 2.05) is 29.7 Å². The zero-order valence-electron chi connectivity index (χ0n) is 11.0. The number of benzene rings is 2. The van der Waals surface area contributed by atoms with Gasteiger partial charge in [-0.25, -0.2) is 9.37 Å². The third-order valence-electron chi connectivity index (χ3n) is 3.29. The summed E-state index contributed by atoms with van der Waals surface area (Å²) in [6.45, 7) is 1.92. The standard InChI is InChI=1S/C15H10BrCl2FN2/c1-8-5-9(16)13(6-10(8)18)21-12-4-2-3-11(19)15(12)20-14(21)7-17/h2-6H,7H2,1H3. The van der Waals surface area contributed by atoms with E-state index in [0.29, 0.717) is 21.9 Å². The van der Waals surface area contributed by atoms with E-state index in [9.17, 15) is 4.39 Å². The number of hydrogen-bond acceptors (Lipinski definition) is 1. The SMILES string of the molecule is Cc1cc(Br)c(-n2c(CCl)nc3c(F)cccc32)cc1Cl. The molecule has 0 spiro atoms. The molecule has 21 heavy (non-hydrogen) atoms. The lowest BCUT2D eigenvalue weighted by Gasteiger charge is -2.12. The Morgan fingerprint density at radius 1 is 1.33 bits per heavy atom. The topological polar surface area (TPSA) is 17.8 Å². The van der Waals surface area contributed by atoms with Crippen LogP contribution in [0.5, 0.6) is 0 Å². The van der Waals surface area contributed by atoms with Gasteiger partial charge in [0.1, 0.15) is 11.3 Å². The zero-order valence-corrected chi connectivity index (χ0v) is 14.1. The predicted octanol–water partition coefficient (Wildman–Crippen LogP) is 5.63. The van der Waals surface area contributed by atoms with Crippen molar-refractivity contribution in [2.45, 2.75) is 12.8 Å². The van der Waals surface area contributed by atoms with Crippen LogP contribution in [0.15, 0.2) is 34.8 Å². The molecule has 3 aromatic rings. The van der Waals surface area contributed by atoms with Gasteiger partial charge in [0.05, 0.1) is 17.1 Å². The Kier molecular flexibility index (Phi) is 3.95. The lowest BCUT2D eigenvalue weighted by Crippen LogP contribution is -2.01. The Morgan fingerprint density at radius 3 is 2.81 bits per heavy atom. The van der Waals surface area contributed by atoms with Crippen LogP contribution in [0, 0.1) is 12.7 Å². The van der Waals surface area contributed by atoms with Gasteiger partial charge in [0.25, 0.3) is 0 Å². The molecule has 0 atom stereocenters. The maximum Gasteiger partial charge on any atom is 0.151 e. The first-order valence-electron chi connectivity index (χ1n) is 6.20. The summed E-state index contributed by atoms with van der Waals surface area (Å²) in [6, 6.07) is 8.58. The molecule has 2 nitrogen and oxygen atoms in total. The summed E-state index contributed by atoms with van der Waals surface area (Å²) in [6.07, 6.45) is 0. The number of alkyl halides is 1. The highest BCUT2D eigenvalue weighted by Gasteiger charge is 2.17. The lowest BCUT2D eigenvalue weighted by molar-refractivity contribution is 0.637. The van der Waals surface area contributed by atoms with Gasteiger partial charge in [-0.05, 0) is 52.7 Å². The van der Waals surface area contributed by atoms with Gasteiger partial charge in [-0.1, -0.05) is 17.7 Å². The number of aryl methyl sites for hydroxylation is 1. The Bertz CT molecular complexity index is 845. The largest absolute Gasteiger partial charge is 0.294 e. The van der Waals surface area contributed by atoms with Gasteiger partial charge in [-0.2, -0.15) is 0 Å². The predicted molar refractivity (Wildman–Crippen MR) is 88.0 cm³/mol. The van der Waals surface area contributed by atoms with E-state index in [-0.39, 0.29) is 11.7 Å². The minimum atomic E-state index is -0.369. The average Bonchev–Trinajstić information content (AvgIpc) is 2.83. The van der Waals surface area contributed by atoms with E-state index < -0.39 is 0 Å². The van der Waals surface area contributed by atoms with Gasteiger partial charge in [0.2, 0.25) is 0 Å². The third kappa shape index (κ3) is 2.45. The molecular formula is C15H10BrCl2FN2. The molecule has 0 aliphatic carbocycles. The van der Waals surface area contributed by atoms with Crippen molar-refractivity contribution < 1.29 is 4.39 Å². The monoisotopic (exact) mass is 386 g/mol. The van der Waals surface area contributed by atoms with Crippen molar-refractivity contribution >= 4 is 50.2 Å². The minimum absolute atomic E-state index is 0.173. The van der Waals surface area contributed by atoms with Crippen molar-refractivity contribution in [2.75, 3.05) is 0 Å². The molecule has 0 aliphatic heterocycles. The van der Waals surface area contributed by atoms with Crippen molar-refractivity contribution in [1.82, 2.24) is 9.55 Å². The van der Waals surface area contributed by atoms with Crippen LogP contribution in [0.4, 0.5) is 4.39 Å². The van der Waals surface area contributed by atoms with Gasteiger partial charge >= 0.3 is 0 Å². The molecule has 1 aromatic heterocycles. The van der Waals surface area contributed by atoms with Crippen LogP contribution in [-0.2, 0) is 5.88 Å². The zero-order chi connectivity index (χ0) is 15.1. The number of imidazole rings is 1. The van der Waals surface area contributed by atoms with Crippen molar-refractivity contribution in [3.63, 3.8) is 0 Å². The Morgan fingerprint density at radius 2 is 2.10 bits per heavy atom. The van der Waals surface area contributed by atoms with E-state index in [0.717, 1.165) is 15.7 Å². The summed E-state index contributed by atoms with van der Waals surface area (Å²) in [7, 11) is 0. The van der Waals surface area contributed by atoms with Crippen LogP contribution in [-0.4, -0.2) is 9.55 Å². The van der Waals surface area contributed by atoms with E-state index in [1.165, 1.54) is 6.07 Å². The van der Waals surface area contributed by atoms with Crippen LogP contribution >= 0.6 is 39.1 Å². The first kappa shape index (κ1) is 14.8. The average molecular weight is 388 g/mol. The van der Waals surface area contributed by atoms with E-state index in [4.69, 9.17) is 23.2 Å². The Labute approximate surface area is 139 Å². The summed E-state index contributed by atoms with van der Waals surface area (Å²) < 4.78 is 16.6. The van der Waals surface area contributed by atoms with Gasteiger partial charge in [-0.15, -0.1) is 11.6 Å². The van der Waals surface area contributed by atoms with E-state index in [1.54, 1.807) is 6.07 Å². The number of nitrogens with zero attached hydrogens (tertiary/aromatic N) is 2. The number of para-hydroxylation sites is 1. The van der Waals surface area contributed by atoms with Gasteiger partial charge in [0, 0.05) is 9.50 Å². The molecule has 0 saturated heterocycles. The number of rotatable bonds is 2. The summed E-state index contributed by atoms with van der Waals surface area (Å²) in [5.74, 6) is 0.371. The summed E-state index contributed by atoms with van der Waals surface area (Å²) in [4.78, 5) is 4.29. The smallest absolute Gasteiger partial charge is 0.151 e. The molecule has 0 radical (unpaired) electrons. The second-order valence-corrected chi connectivity index (χ2v) is 6.19. The number of fused-ring (bicyclic) bond motifs is 1. The highest BCUT2D eigenvalue weighted by Crippen LogP contribution is 2.32. The maximum atomic E-state index is 13.9. The number of aromatic nitrogens is 2. The highest BCUT2D eigenvalue weighted by atomic mass is 79.9. The molecule has 0 amide bonds. The van der Waals surface area contributed by atoms with Gasteiger partial charge in [-0.3, -0.25) is 4.57 Å². The number of halogens is 4. The fourth-order valence-corrected chi connectivity index (χ4v) is 3.25. The second kappa shape index (κ2) is 5.59. The molecule has 0 saturated carbocycles. The molecular weight excluding hydrogens is 378 g/mol. The molecule has 0 bridgehead atoms. The summed E-state index contributed by atoms with van der Waals surface area (Å²) in [5.41, 5.74) is 2.70. The third-order valence-corrected chi connectivity index (χ3v) is 4.58. The lowest BCUT2D eigenvalue weighted by atomic mass is 10.2.